The molecule has 4 unspecified atom stereocenters. The highest BCUT2D eigenvalue weighted by Crippen LogP contribution is 2.55. The maximum atomic E-state index is 12.9. The molecule has 4 fully saturated rings. The summed E-state index contributed by atoms with van der Waals surface area (Å²) in [6.45, 7) is 4.98. The van der Waals surface area contributed by atoms with Gasteiger partial charge in [-0.3, -0.25) is 9.69 Å². The third-order valence-corrected chi connectivity index (χ3v) is 9.66. The van der Waals surface area contributed by atoms with E-state index in [1.807, 2.05) is 6.07 Å². The highest BCUT2D eigenvalue weighted by Gasteiger charge is 2.63. The number of anilines is 1. The molecule has 0 N–H and O–H groups in total. The molecule has 2 bridgehead atoms. The van der Waals surface area contributed by atoms with Gasteiger partial charge in [0.15, 0.2) is 0 Å². The van der Waals surface area contributed by atoms with Crippen molar-refractivity contribution >= 4 is 21.9 Å². The van der Waals surface area contributed by atoms with Crippen LogP contribution in [0.25, 0.3) is 0 Å². The van der Waals surface area contributed by atoms with Gasteiger partial charge in [-0.25, -0.2) is 22.7 Å². The van der Waals surface area contributed by atoms with Crippen LogP contribution in [0.5, 0.6) is 0 Å². The number of fused-ring (bicyclic) bond motifs is 5. The zero-order chi connectivity index (χ0) is 20.0. The normalized spacial score (nSPS) is 33.4. The number of carbonyl (C=O) groups excluding carboxylic acids is 1. The zero-order valence-electron chi connectivity index (χ0n) is 16.7. The first-order valence-electron chi connectivity index (χ1n) is 10.9. The van der Waals surface area contributed by atoms with E-state index >= 15 is 0 Å². The Morgan fingerprint density at radius 2 is 1.66 bits per heavy atom. The summed E-state index contributed by atoms with van der Waals surface area (Å²) in [5, 5.41) is -0.415. The van der Waals surface area contributed by atoms with E-state index in [0.29, 0.717) is 12.5 Å². The van der Waals surface area contributed by atoms with Crippen LogP contribution in [0.1, 0.15) is 32.1 Å². The number of sulfonamides is 1. The van der Waals surface area contributed by atoms with Crippen LogP contribution in [0.15, 0.2) is 18.5 Å². The van der Waals surface area contributed by atoms with Crippen LogP contribution < -0.4 is 4.90 Å². The van der Waals surface area contributed by atoms with Crippen LogP contribution in [-0.4, -0.2) is 78.0 Å². The van der Waals surface area contributed by atoms with Gasteiger partial charge >= 0.3 is 0 Å². The Kier molecular flexibility index (Phi) is 4.98. The number of hydrogen-bond donors (Lipinski definition) is 0. The van der Waals surface area contributed by atoms with Gasteiger partial charge in [0.25, 0.3) is 0 Å². The summed E-state index contributed by atoms with van der Waals surface area (Å²) >= 11 is 0. The summed E-state index contributed by atoms with van der Waals surface area (Å²) in [7, 11) is -3.44. The van der Waals surface area contributed by atoms with Gasteiger partial charge in [-0.1, -0.05) is 0 Å². The minimum Gasteiger partial charge on any atom is -0.338 e. The smallest absolute Gasteiger partial charge is 0.241 e. The van der Waals surface area contributed by atoms with E-state index in [1.54, 1.807) is 12.4 Å². The molecule has 0 spiro atoms. The fourth-order valence-electron chi connectivity index (χ4n) is 5.90. The van der Waals surface area contributed by atoms with Crippen molar-refractivity contribution < 1.29 is 13.2 Å². The first-order chi connectivity index (χ1) is 14.1. The Bertz CT molecular complexity index is 856. The number of aromatic nitrogens is 2. The lowest BCUT2D eigenvalue weighted by Crippen LogP contribution is -2.47. The third kappa shape index (κ3) is 3.32. The molecule has 8 nitrogen and oxygen atoms in total. The molecular weight excluding hydrogens is 390 g/mol. The zero-order valence-corrected chi connectivity index (χ0v) is 17.5. The largest absolute Gasteiger partial charge is 0.338 e. The fourth-order valence-corrected chi connectivity index (χ4v) is 8.39. The molecule has 29 heavy (non-hydrogen) atoms. The Hall–Kier alpha value is -1.74. The molecule has 1 aromatic heterocycles. The van der Waals surface area contributed by atoms with Crippen molar-refractivity contribution in [2.24, 2.45) is 17.8 Å². The van der Waals surface area contributed by atoms with Crippen molar-refractivity contribution in [2.75, 3.05) is 44.2 Å². The first-order valence-corrected chi connectivity index (χ1v) is 12.4. The maximum Gasteiger partial charge on any atom is 0.241 e. The summed E-state index contributed by atoms with van der Waals surface area (Å²) in [5.41, 5.74) is 0. The van der Waals surface area contributed by atoms with E-state index in [-0.39, 0.29) is 17.7 Å². The van der Waals surface area contributed by atoms with E-state index in [2.05, 4.69) is 19.8 Å². The van der Waals surface area contributed by atoms with E-state index in [9.17, 15) is 13.2 Å². The predicted molar refractivity (Wildman–Crippen MR) is 109 cm³/mol. The molecule has 2 saturated carbocycles. The Morgan fingerprint density at radius 1 is 0.966 bits per heavy atom. The molecular formula is C20H29N5O3S. The SMILES string of the molecule is O=C1C2C3CCC(C3)C2S(=O)(=O)N1CCCCN1CCN(c2ncccn2)CC1. The van der Waals surface area contributed by atoms with Crippen molar-refractivity contribution in [3.63, 3.8) is 0 Å². The number of hydrogen-bond acceptors (Lipinski definition) is 7. The monoisotopic (exact) mass is 419 g/mol. The fraction of sp³-hybridized carbons (Fsp3) is 0.750. The van der Waals surface area contributed by atoms with Gasteiger partial charge in [-0.15, -0.1) is 0 Å². The molecule has 4 aliphatic rings. The highest BCUT2D eigenvalue weighted by atomic mass is 32.2. The molecule has 0 aromatic carbocycles. The molecule has 5 rings (SSSR count). The van der Waals surface area contributed by atoms with Crippen LogP contribution in [0, 0.1) is 17.8 Å². The van der Waals surface area contributed by atoms with E-state index in [0.717, 1.165) is 70.8 Å². The summed E-state index contributed by atoms with van der Waals surface area (Å²) in [5.74, 6) is 0.950. The Morgan fingerprint density at radius 3 is 2.38 bits per heavy atom. The topological polar surface area (TPSA) is 86.7 Å². The molecule has 3 heterocycles. The number of piperazine rings is 1. The molecule has 2 aliphatic carbocycles. The molecule has 2 saturated heterocycles. The number of carbonyl (C=O) groups is 1. The quantitative estimate of drug-likeness (QED) is 0.635. The Labute approximate surface area is 172 Å². The second-order valence-corrected chi connectivity index (χ2v) is 10.9. The Balaban J connectivity index is 1.08. The second-order valence-electron chi connectivity index (χ2n) is 8.86. The van der Waals surface area contributed by atoms with Crippen molar-refractivity contribution in [3.05, 3.63) is 18.5 Å². The van der Waals surface area contributed by atoms with Gasteiger partial charge in [0.2, 0.25) is 21.9 Å². The predicted octanol–water partition coefficient (Wildman–Crippen LogP) is 0.966. The minimum absolute atomic E-state index is 0.112. The van der Waals surface area contributed by atoms with Crippen molar-refractivity contribution in [2.45, 2.75) is 37.4 Å². The van der Waals surface area contributed by atoms with Crippen LogP contribution in [0.2, 0.25) is 0 Å². The summed E-state index contributed by atoms with van der Waals surface area (Å²) in [4.78, 5) is 26.0. The minimum atomic E-state index is -3.44. The van der Waals surface area contributed by atoms with E-state index in [4.69, 9.17) is 0 Å². The maximum absolute atomic E-state index is 12.9. The van der Waals surface area contributed by atoms with Crippen molar-refractivity contribution in [3.8, 4) is 0 Å². The summed E-state index contributed by atoms with van der Waals surface area (Å²) in [6, 6.07) is 1.82. The molecule has 9 heteroatoms. The lowest BCUT2D eigenvalue weighted by atomic mass is 9.88. The average Bonchev–Trinajstić information content (AvgIpc) is 3.41. The number of nitrogens with zero attached hydrogens (tertiary/aromatic N) is 5. The molecule has 1 aromatic rings. The van der Waals surface area contributed by atoms with Crippen molar-refractivity contribution in [1.82, 2.24) is 19.2 Å². The van der Waals surface area contributed by atoms with Crippen LogP contribution in [-0.2, 0) is 14.8 Å². The third-order valence-electron chi connectivity index (χ3n) is 7.32. The number of amides is 1. The van der Waals surface area contributed by atoms with Crippen molar-refractivity contribution in [1.29, 1.82) is 0 Å². The van der Waals surface area contributed by atoms with Gasteiger partial charge in [0, 0.05) is 45.1 Å². The van der Waals surface area contributed by atoms with Gasteiger partial charge in [0.1, 0.15) is 0 Å². The standard InChI is InChI=1S/C20H29N5O3S/c26-19-17-15-4-5-16(14-15)18(17)29(27,28)25(19)9-2-1-8-23-10-12-24(13-11-23)20-21-6-3-7-22-20/h3,6-7,15-18H,1-2,4-5,8-14H2. The lowest BCUT2D eigenvalue weighted by molar-refractivity contribution is -0.130. The molecule has 4 atom stereocenters. The average molecular weight is 420 g/mol. The van der Waals surface area contributed by atoms with E-state index < -0.39 is 15.3 Å². The highest BCUT2D eigenvalue weighted by molar-refractivity contribution is 7.90. The molecule has 2 aliphatic heterocycles. The molecule has 1 amide bonds. The molecule has 158 valence electrons. The second kappa shape index (κ2) is 7.50. The van der Waals surface area contributed by atoms with Gasteiger partial charge < -0.3 is 4.90 Å². The van der Waals surface area contributed by atoms with Gasteiger partial charge in [-0.05, 0) is 56.6 Å². The lowest BCUT2D eigenvalue weighted by Gasteiger charge is -2.34. The van der Waals surface area contributed by atoms with Gasteiger partial charge in [-0.2, -0.15) is 0 Å². The van der Waals surface area contributed by atoms with Gasteiger partial charge in [0.05, 0.1) is 11.2 Å². The summed E-state index contributed by atoms with van der Waals surface area (Å²) in [6.07, 6.45) is 8.12. The van der Waals surface area contributed by atoms with Crippen LogP contribution >= 0.6 is 0 Å². The van der Waals surface area contributed by atoms with Crippen LogP contribution in [0.4, 0.5) is 5.95 Å². The summed E-state index contributed by atoms with van der Waals surface area (Å²) < 4.78 is 27.1. The molecule has 0 radical (unpaired) electrons. The van der Waals surface area contributed by atoms with Crippen LogP contribution in [0.3, 0.4) is 0 Å². The number of unbranched alkanes of at least 4 members (excludes halogenated alkanes) is 1. The number of rotatable bonds is 6. The first kappa shape index (κ1) is 19.2. The van der Waals surface area contributed by atoms with E-state index in [1.165, 1.54) is 4.31 Å².